The molecule has 0 radical (unpaired) electrons. The van der Waals surface area contributed by atoms with Crippen molar-refractivity contribution in [1.29, 1.82) is 0 Å². The molecule has 0 spiro atoms. The smallest absolute Gasteiger partial charge is 0.264 e. The maximum atomic E-state index is 14.1. The normalized spacial score (nSPS) is 13.9. The average Bonchev–Trinajstić information content (AvgIpc) is 3.54. The minimum Gasteiger partial charge on any atom is -0.497 e. The molecule has 2 aromatic heterocycles. The molecule has 1 aliphatic carbocycles. The Bertz CT molecular complexity index is 1170. The van der Waals surface area contributed by atoms with E-state index in [0.29, 0.717) is 16.7 Å². The van der Waals surface area contributed by atoms with E-state index in [2.05, 4.69) is 0 Å². The summed E-state index contributed by atoms with van der Waals surface area (Å²) in [7, 11) is 1.60. The van der Waals surface area contributed by atoms with E-state index in [1.165, 1.54) is 6.07 Å². The van der Waals surface area contributed by atoms with Gasteiger partial charge in [0.1, 0.15) is 5.75 Å². The zero-order chi connectivity index (χ0) is 20.0. The highest BCUT2D eigenvalue weighted by atomic mass is 19.3. The summed E-state index contributed by atoms with van der Waals surface area (Å²) in [6.45, 7) is 0. The van der Waals surface area contributed by atoms with E-state index in [9.17, 15) is 8.78 Å². The van der Waals surface area contributed by atoms with Crippen molar-refractivity contribution < 1.29 is 13.5 Å². The lowest BCUT2D eigenvalue weighted by Crippen LogP contribution is -2.00. The van der Waals surface area contributed by atoms with Gasteiger partial charge in [0, 0.05) is 17.0 Å². The van der Waals surface area contributed by atoms with Crippen molar-refractivity contribution in [1.82, 2.24) is 14.8 Å². The van der Waals surface area contributed by atoms with Crippen LogP contribution in [0.1, 0.15) is 36.4 Å². The van der Waals surface area contributed by atoms with Crippen molar-refractivity contribution in [2.45, 2.75) is 25.2 Å². The number of methoxy groups -OCH3 is 1. The number of benzene rings is 2. The summed E-state index contributed by atoms with van der Waals surface area (Å²) >= 11 is 0. The molecule has 0 atom stereocenters. The van der Waals surface area contributed by atoms with Crippen LogP contribution >= 0.6 is 0 Å². The largest absolute Gasteiger partial charge is 0.497 e. The van der Waals surface area contributed by atoms with Crippen molar-refractivity contribution in [3.8, 4) is 22.7 Å². The Kier molecular flexibility index (Phi) is 4.27. The van der Waals surface area contributed by atoms with Crippen LogP contribution in [0.15, 0.2) is 60.7 Å². The van der Waals surface area contributed by atoms with Gasteiger partial charge in [0.25, 0.3) is 6.43 Å². The van der Waals surface area contributed by atoms with Gasteiger partial charge in [0.2, 0.25) is 0 Å². The quantitative estimate of drug-likeness (QED) is 0.424. The predicted octanol–water partition coefficient (Wildman–Crippen LogP) is 5.91. The van der Waals surface area contributed by atoms with Crippen LogP contribution < -0.4 is 4.74 Å². The molecule has 0 bridgehead atoms. The third-order valence-corrected chi connectivity index (χ3v) is 5.28. The van der Waals surface area contributed by atoms with Crippen LogP contribution in [0.5, 0.6) is 5.75 Å². The van der Waals surface area contributed by atoms with Crippen LogP contribution in [-0.4, -0.2) is 21.9 Å². The maximum Gasteiger partial charge on any atom is 0.264 e. The fraction of sp³-hybridized carbons (Fsp3) is 0.217. The second-order valence-electron chi connectivity index (χ2n) is 7.23. The minimum atomic E-state index is -2.60. The molecule has 1 saturated carbocycles. The zero-order valence-electron chi connectivity index (χ0n) is 15.8. The first kappa shape index (κ1) is 17.8. The number of fused-ring (bicyclic) bond motifs is 1. The lowest BCUT2D eigenvalue weighted by atomic mass is 10.0. The van der Waals surface area contributed by atoms with Crippen LogP contribution in [0.4, 0.5) is 8.78 Å². The molecule has 0 aliphatic heterocycles. The van der Waals surface area contributed by atoms with Crippen LogP contribution in [0.3, 0.4) is 0 Å². The Morgan fingerprint density at radius 1 is 1.03 bits per heavy atom. The number of halogens is 2. The van der Waals surface area contributed by atoms with Crippen LogP contribution in [0.25, 0.3) is 28.0 Å². The van der Waals surface area contributed by atoms with Crippen LogP contribution in [0.2, 0.25) is 0 Å². The number of hydrogen-bond donors (Lipinski definition) is 0. The number of nitrogens with zero attached hydrogens (tertiary/aromatic N) is 3. The Morgan fingerprint density at radius 3 is 2.38 bits per heavy atom. The summed E-state index contributed by atoms with van der Waals surface area (Å²) in [5.74, 6) is 0.942. The highest BCUT2D eigenvalue weighted by Crippen LogP contribution is 2.45. The van der Waals surface area contributed by atoms with E-state index in [-0.39, 0.29) is 11.5 Å². The number of ether oxygens (including phenoxy) is 1. The molecule has 4 nitrogen and oxygen atoms in total. The molecule has 6 heteroatoms. The maximum absolute atomic E-state index is 14.1. The van der Waals surface area contributed by atoms with E-state index >= 15 is 0 Å². The number of rotatable bonds is 5. The van der Waals surface area contributed by atoms with E-state index in [0.717, 1.165) is 35.5 Å². The number of pyridine rings is 1. The summed E-state index contributed by atoms with van der Waals surface area (Å²) < 4.78 is 35.1. The van der Waals surface area contributed by atoms with Gasteiger partial charge in [-0.3, -0.25) is 0 Å². The van der Waals surface area contributed by atoms with Crippen LogP contribution in [-0.2, 0) is 0 Å². The lowest BCUT2D eigenvalue weighted by molar-refractivity contribution is 0.153. The first-order valence-electron chi connectivity index (χ1n) is 9.57. The number of aromatic nitrogens is 3. The molecule has 2 heterocycles. The molecule has 0 saturated heterocycles. The average molecular weight is 391 g/mol. The summed E-state index contributed by atoms with van der Waals surface area (Å²) in [6.07, 6.45) is -0.663. The lowest BCUT2D eigenvalue weighted by Gasteiger charge is -2.09. The van der Waals surface area contributed by atoms with Crippen molar-refractivity contribution in [2.75, 3.05) is 7.11 Å². The summed E-state index contributed by atoms with van der Waals surface area (Å²) in [5, 5.41) is 5.22. The number of alkyl halides is 2. The number of hydrogen-bond acceptors (Lipinski definition) is 3. The van der Waals surface area contributed by atoms with Gasteiger partial charge >= 0.3 is 0 Å². The molecule has 0 unspecified atom stereocenters. The fourth-order valence-corrected chi connectivity index (χ4v) is 3.65. The van der Waals surface area contributed by atoms with Gasteiger partial charge in [0.15, 0.2) is 5.65 Å². The van der Waals surface area contributed by atoms with E-state index in [1.807, 2.05) is 54.6 Å². The SMILES string of the molecule is COc1ccc(-n2nc(C3CC3)c3c(C(F)F)cc(-c4ccccc4)nc32)cc1. The van der Waals surface area contributed by atoms with Gasteiger partial charge in [-0.25, -0.2) is 18.4 Å². The van der Waals surface area contributed by atoms with Gasteiger partial charge in [-0.05, 0) is 43.2 Å². The molecule has 0 amide bonds. The van der Waals surface area contributed by atoms with E-state index < -0.39 is 6.43 Å². The molecule has 29 heavy (non-hydrogen) atoms. The highest BCUT2D eigenvalue weighted by Gasteiger charge is 2.33. The Balaban J connectivity index is 1.79. The summed E-state index contributed by atoms with van der Waals surface area (Å²) in [4.78, 5) is 4.77. The van der Waals surface area contributed by atoms with Gasteiger partial charge in [-0.1, -0.05) is 30.3 Å². The summed E-state index contributed by atoms with van der Waals surface area (Å²) in [5.41, 5.74) is 3.26. The Hall–Kier alpha value is -3.28. The van der Waals surface area contributed by atoms with E-state index in [4.69, 9.17) is 14.8 Å². The highest BCUT2D eigenvalue weighted by molar-refractivity contribution is 5.87. The van der Waals surface area contributed by atoms with Crippen molar-refractivity contribution in [3.05, 3.63) is 71.9 Å². The topological polar surface area (TPSA) is 39.9 Å². The summed E-state index contributed by atoms with van der Waals surface area (Å²) in [6, 6.07) is 18.3. The molecule has 1 aliphatic rings. The van der Waals surface area contributed by atoms with Gasteiger partial charge < -0.3 is 4.74 Å². The third-order valence-electron chi connectivity index (χ3n) is 5.28. The fourth-order valence-electron chi connectivity index (χ4n) is 3.65. The first-order valence-corrected chi connectivity index (χ1v) is 9.57. The molecular weight excluding hydrogens is 372 g/mol. The third kappa shape index (κ3) is 3.14. The van der Waals surface area contributed by atoms with Crippen LogP contribution in [0, 0.1) is 0 Å². The molecule has 4 aromatic rings. The molecule has 1 fully saturated rings. The molecule has 5 rings (SSSR count). The zero-order valence-corrected chi connectivity index (χ0v) is 15.8. The van der Waals surface area contributed by atoms with Gasteiger partial charge in [0.05, 0.1) is 29.6 Å². The monoisotopic (exact) mass is 391 g/mol. The predicted molar refractivity (Wildman–Crippen MR) is 108 cm³/mol. The van der Waals surface area contributed by atoms with Crippen molar-refractivity contribution in [3.63, 3.8) is 0 Å². The second kappa shape index (κ2) is 6.95. The molecular formula is C23H19F2N3O. The molecule has 2 aromatic carbocycles. The minimum absolute atomic E-state index is 0.00415. The Morgan fingerprint density at radius 2 is 1.76 bits per heavy atom. The first-order chi connectivity index (χ1) is 14.2. The van der Waals surface area contributed by atoms with Crippen molar-refractivity contribution >= 4 is 11.0 Å². The Labute approximate surface area is 166 Å². The van der Waals surface area contributed by atoms with E-state index in [1.54, 1.807) is 11.8 Å². The molecule has 0 N–H and O–H groups in total. The van der Waals surface area contributed by atoms with Gasteiger partial charge in [-0.15, -0.1) is 0 Å². The van der Waals surface area contributed by atoms with Gasteiger partial charge in [-0.2, -0.15) is 5.10 Å². The second-order valence-corrected chi connectivity index (χ2v) is 7.23. The van der Waals surface area contributed by atoms with Crippen molar-refractivity contribution in [2.24, 2.45) is 0 Å². The standard InChI is InChI=1S/C23H19F2N3O/c1-29-17-11-9-16(10-12-17)28-23-20(21(27-28)15-7-8-15)18(22(24)25)13-19(26-23)14-5-3-2-4-6-14/h2-6,9-13,15,22H,7-8H2,1H3. The molecule has 146 valence electrons.